The molecule has 0 spiro atoms. The molecule has 0 aliphatic carbocycles. The molecule has 3 aromatic rings. The van der Waals surface area contributed by atoms with Crippen molar-refractivity contribution in [3.05, 3.63) is 82.9 Å². The Morgan fingerprint density at radius 1 is 1.07 bits per heavy atom. The number of amides is 1. The number of rotatable bonds is 6. The van der Waals surface area contributed by atoms with E-state index in [1.165, 1.54) is 12.1 Å². The molecule has 0 fully saturated rings. The predicted octanol–water partition coefficient (Wildman–Crippen LogP) is 3.95. The molecule has 6 heteroatoms. The number of aromatic nitrogens is 2. The van der Waals surface area contributed by atoms with E-state index in [2.05, 4.69) is 20.6 Å². The Bertz CT molecular complexity index is 941. The minimum atomic E-state index is -0.275. The highest BCUT2D eigenvalue weighted by molar-refractivity contribution is 5.92. The van der Waals surface area contributed by atoms with Crippen LogP contribution in [-0.4, -0.2) is 22.4 Å². The number of hydrogen-bond donors (Lipinski definition) is 2. The molecule has 1 heterocycles. The smallest absolute Gasteiger partial charge is 0.270 e. The molecule has 0 radical (unpaired) electrons. The third-order valence-electron chi connectivity index (χ3n) is 4.14. The number of halogens is 1. The topological polar surface area (TPSA) is 66.9 Å². The van der Waals surface area contributed by atoms with Crippen LogP contribution in [0.5, 0.6) is 0 Å². The first kappa shape index (κ1) is 18.5. The lowest BCUT2D eigenvalue weighted by atomic mass is 10.1. The van der Waals surface area contributed by atoms with Crippen LogP contribution in [0.3, 0.4) is 0 Å². The molecule has 5 nitrogen and oxygen atoms in total. The highest BCUT2D eigenvalue weighted by atomic mass is 19.1. The van der Waals surface area contributed by atoms with Crippen LogP contribution in [0.1, 0.15) is 27.2 Å². The van der Waals surface area contributed by atoms with Gasteiger partial charge in [-0.15, -0.1) is 0 Å². The molecule has 0 atom stereocenters. The summed E-state index contributed by atoms with van der Waals surface area (Å²) >= 11 is 0. The maximum absolute atomic E-state index is 12.9. The number of aryl methyl sites for hydroxylation is 2. The van der Waals surface area contributed by atoms with Gasteiger partial charge in [0.25, 0.3) is 5.91 Å². The Kier molecular flexibility index (Phi) is 5.76. The van der Waals surface area contributed by atoms with Crippen LogP contribution in [0.4, 0.5) is 16.0 Å². The van der Waals surface area contributed by atoms with Gasteiger partial charge in [-0.3, -0.25) is 4.79 Å². The highest BCUT2D eigenvalue weighted by Gasteiger charge is 2.09. The summed E-state index contributed by atoms with van der Waals surface area (Å²) in [6, 6.07) is 13.9. The second kappa shape index (κ2) is 8.40. The summed E-state index contributed by atoms with van der Waals surface area (Å²) in [5.74, 6) is -0.175. The molecule has 1 aromatic heterocycles. The van der Waals surface area contributed by atoms with Crippen LogP contribution in [0.25, 0.3) is 0 Å². The highest BCUT2D eigenvalue weighted by Crippen LogP contribution is 2.19. The van der Waals surface area contributed by atoms with E-state index >= 15 is 0 Å². The van der Waals surface area contributed by atoms with Gasteiger partial charge in [0.2, 0.25) is 5.95 Å². The first-order chi connectivity index (χ1) is 13.0. The van der Waals surface area contributed by atoms with E-state index in [4.69, 9.17) is 0 Å². The Labute approximate surface area is 157 Å². The maximum atomic E-state index is 12.9. The molecule has 0 aliphatic rings. The molecule has 138 valence electrons. The van der Waals surface area contributed by atoms with Gasteiger partial charge in [-0.25, -0.2) is 14.4 Å². The summed E-state index contributed by atoms with van der Waals surface area (Å²) < 4.78 is 12.9. The molecule has 27 heavy (non-hydrogen) atoms. The average Bonchev–Trinajstić information content (AvgIpc) is 2.66. The molecular formula is C21H21FN4O. The zero-order valence-corrected chi connectivity index (χ0v) is 15.3. The van der Waals surface area contributed by atoms with Gasteiger partial charge in [0.1, 0.15) is 11.5 Å². The molecular weight excluding hydrogens is 343 g/mol. The van der Waals surface area contributed by atoms with Crippen molar-refractivity contribution < 1.29 is 9.18 Å². The van der Waals surface area contributed by atoms with E-state index in [-0.39, 0.29) is 17.4 Å². The monoisotopic (exact) mass is 364 g/mol. The zero-order valence-electron chi connectivity index (χ0n) is 15.3. The Balaban J connectivity index is 1.61. The van der Waals surface area contributed by atoms with Gasteiger partial charge < -0.3 is 10.6 Å². The molecule has 2 aromatic carbocycles. The quantitative estimate of drug-likeness (QED) is 0.695. The van der Waals surface area contributed by atoms with E-state index < -0.39 is 0 Å². The standard InChI is InChI=1S/C21H21FN4O/c1-14-3-4-15(2)19(13-14)26-21-24-12-10-18(25-21)20(27)23-11-9-16-5-7-17(22)8-6-16/h3-8,10,12-13H,9,11H2,1-2H3,(H,23,27)(H,24,25,26). The van der Waals surface area contributed by atoms with Crippen molar-refractivity contribution in [2.24, 2.45) is 0 Å². The number of nitrogens with one attached hydrogen (secondary N) is 2. The lowest BCUT2D eigenvalue weighted by Crippen LogP contribution is -2.26. The van der Waals surface area contributed by atoms with E-state index in [1.807, 2.05) is 32.0 Å². The summed E-state index contributed by atoms with van der Waals surface area (Å²) in [5, 5.41) is 5.98. The predicted molar refractivity (Wildman–Crippen MR) is 104 cm³/mol. The number of benzene rings is 2. The van der Waals surface area contributed by atoms with Gasteiger partial charge in [0, 0.05) is 18.4 Å². The van der Waals surface area contributed by atoms with Crippen molar-refractivity contribution >= 4 is 17.5 Å². The second-order valence-corrected chi connectivity index (χ2v) is 6.34. The fourth-order valence-corrected chi connectivity index (χ4v) is 2.60. The SMILES string of the molecule is Cc1ccc(C)c(Nc2nccc(C(=O)NCCc3ccc(F)cc3)n2)c1. The van der Waals surface area contributed by atoms with Crippen molar-refractivity contribution in [2.75, 3.05) is 11.9 Å². The van der Waals surface area contributed by atoms with E-state index in [0.29, 0.717) is 18.9 Å². The van der Waals surface area contributed by atoms with Gasteiger partial charge in [-0.05, 0) is 61.2 Å². The van der Waals surface area contributed by atoms with Gasteiger partial charge in [-0.1, -0.05) is 24.3 Å². The Morgan fingerprint density at radius 2 is 1.85 bits per heavy atom. The number of carbonyl (C=O) groups is 1. The fourth-order valence-electron chi connectivity index (χ4n) is 2.60. The summed E-state index contributed by atoms with van der Waals surface area (Å²) in [6.45, 7) is 4.44. The number of carbonyl (C=O) groups excluding carboxylic acids is 1. The zero-order chi connectivity index (χ0) is 19.2. The molecule has 0 aliphatic heterocycles. The fraction of sp³-hybridized carbons (Fsp3) is 0.190. The van der Waals surface area contributed by atoms with Gasteiger partial charge in [0.15, 0.2) is 0 Å². The van der Waals surface area contributed by atoms with Crippen molar-refractivity contribution in [1.29, 1.82) is 0 Å². The largest absolute Gasteiger partial charge is 0.350 e. The van der Waals surface area contributed by atoms with Crippen LogP contribution in [0, 0.1) is 19.7 Å². The second-order valence-electron chi connectivity index (χ2n) is 6.34. The van der Waals surface area contributed by atoms with Crippen LogP contribution >= 0.6 is 0 Å². The number of nitrogens with zero attached hydrogens (tertiary/aromatic N) is 2. The lowest BCUT2D eigenvalue weighted by molar-refractivity contribution is 0.0949. The number of hydrogen-bond acceptors (Lipinski definition) is 4. The van der Waals surface area contributed by atoms with Crippen molar-refractivity contribution in [1.82, 2.24) is 15.3 Å². The third-order valence-corrected chi connectivity index (χ3v) is 4.14. The summed E-state index contributed by atoms with van der Waals surface area (Å²) in [4.78, 5) is 20.8. The van der Waals surface area contributed by atoms with E-state index in [0.717, 1.165) is 22.4 Å². The third kappa shape index (κ3) is 5.10. The van der Waals surface area contributed by atoms with Gasteiger partial charge >= 0.3 is 0 Å². The molecule has 0 bridgehead atoms. The van der Waals surface area contributed by atoms with Crippen LogP contribution in [-0.2, 0) is 6.42 Å². The summed E-state index contributed by atoms with van der Waals surface area (Å²) in [5.41, 5.74) is 4.34. The summed E-state index contributed by atoms with van der Waals surface area (Å²) in [7, 11) is 0. The van der Waals surface area contributed by atoms with Crippen molar-refractivity contribution in [3.8, 4) is 0 Å². The van der Waals surface area contributed by atoms with E-state index in [1.54, 1.807) is 24.4 Å². The Morgan fingerprint density at radius 3 is 2.63 bits per heavy atom. The number of anilines is 2. The molecule has 0 saturated carbocycles. The maximum Gasteiger partial charge on any atom is 0.270 e. The minimum absolute atomic E-state index is 0.271. The first-order valence-electron chi connectivity index (χ1n) is 8.71. The summed E-state index contributed by atoms with van der Waals surface area (Å²) in [6.07, 6.45) is 2.17. The van der Waals surface area contributed by atoms with Crippen molar-refractivity contribution in [2.45, 2.75) is 20.3 Å². The average molecular weight is 364 g/mol. The van der Waals surface area contributed by atoms with Crippen LogP contribution in [0.15, 0.2) is 54.7 Å². The van der Waals surface area contributed by atoms with Crippen LogP contribution < -0.4 is 10.6 Å². The normalized spacial score (nSPS) is 10.5. The molecule has 2 N–H and O–H groups in total. The molecule has 1 amide bonds. The molecule has 0 saturated heterocycles. The Hall–Kier alpha value is -3.28. The van der Waals surface area contributed by atoms with Gasteiger partial charge in [-0.2, -0.15) is 0 Å². The van der Waals surface area contributed by atoms with Crippen LogP contribution in [0.2, 0.25) is 0 Å². The first-order valence-corrected chi connectivity index (χ1v) is 8.71. The molecule has 0 unspecified atom stereocenters. The lowest BCUT2D eigenvalue weighted by Gasteiger charge is -2.10. The van der Waals surface area contributed by atoms with E-state index in [9.17, 15) is 9.18 Å². The molecule has 3 rings (SSSR count). The van der Waals surface area contributed by atoms with Gasteiger partial charge in [0.05, 0.1) is 0 Å². The van der Waals surface area contributed by atoms with Crippen molar-refractivity contribution in [3.63, 3.8) is 0 Å². The minimum Gasteiger partial charge on any atom is -0.350 e.